The first-order chi connectivity index (χ1) is 15.5. The van der Waals surface area contributed by atoms with Gasteiger partial charge in [0.15, 0.2) is 0 Å². The molecule has 5 nitrogen and oxygen atoms in total. The minimum atomic E-state index is -0.632. The lowest BCUT2D eigenvalue weighted by atomic mass is 10.0. The summed E-state index contributed by atoms with van der Waals surface area (Å²) < 4.78 is 6.14. The third kappa shape index (κ3) is 6.44. The van der Waals surface area contributed by atoms with E-state index in [1.807, 2.05) is 78.9 Å². The van der Waals surface area contributed by atoms with Crippen LogP contribution < -0.4 is 10.1 Å². The van der Waals surface area contributed by atoms with Gasteiger partial charge >= 0.3 is 0 Å². The maximum absolute atomic E-state index is 13.5. The van der Waals surface area contributed by atoms with Gasteiger partial charge in [-0.15, -0.1) is 0 Å². The maximum Gasteiger partial charge on any atom is 0.242 e. The van der Waals surface area contributed by atoms with Crippen molar-refractivity contribution in [3.8, 4) is 5.75 Å². The highest BCUT2D eigenvalue weighted by Gasteiger charge is 2.29. The van der Waals surface area contributed by atoms with Crippen LogP contribution in [0.15, 0.2) is 83.3 Å². The van der Waals surface area contributed by atoms with Crippen molar-refractivity contribution in [1.29, 1.82) is 0 Å². The Balaban J connectivity index is 1.92. The molecule has 0 saturated carbocycles. The van der Waals surface area contributed by atoms with Gasteiger partial charge in [0.1, 0.15) is 11.8 Å². The van der Waals surface area contributed by atoms with Gasteiger partial charge in [0.2, 0.25) is 11.8 Å². The third-order valence-corrected chi connectivity index (χ3v) is 5.77. The van der Waals surface area contributed by atoms with Crippen molar-refractivity contribution in [1.82, 2.24) is 10.2 Å². The first-order valence-electron chi connectivity index (χ1n) is 10.4. The van der Waals surface area contributed by atoms with Gasteiger partial charge in [-0.3, -0.25) is 9.59 Å². The fourth-order valence-electron chi connectivity index (χ4n) is 3.57. The number of nitrogens with zero attached hydrogens (tertiary/aromatic N) is 1. The minimum absolute atomic E-state index is 0.111. The van der Waals surface area contributed by atoms with Crippen molar-refractivity contribution in [2.24, 2.45) is 0 Å². The molecule has 3 rings (SSSR count). The number of nitrogens with one attached hydrogen (secondary N) is 1. The monoisotopic (exact) mass is 494 g/mol. The van der Waals surface area contributed by atoms with Crippen LogP contribution in [-0.4, -0.2) is 36.9 Å². The average Bonchev–Trinajstić information content (AvgIpc) is 2.82. The van der Waals surface area contributed by atoms with E-state index in [2.05, 4.69) is 21.2 Å². The molecule has 0 fully saturated rings. The quantitative estimate of drug-likeness (QED) is 0.479. The SMILES string of the molecule is CNC(=O)C(Cc1ccccc1)N(Cc1cccc(Br)c1)C(=O)Cc1ccc(OC)cc1. The molecule has 0 aliphatic rings. The van der Waals surface area contributed by atoms with Gasteiger partial charge in [-0.2, -0.15) is 0 Å². The summed E-state index contributed by atoms with van der Waals surface area (Å²) in [7, 11) is 3.21. The second kappa shape index (κ2) is 11.5. The third-order valence-electron chi connectivity index (χ3n) is 5.27. The predicted octanol–water partition coefficient (Wildman–Crippen LogP) is 4.39. The molecule has 0 saturated heterocycles. The van der Waals surface area contributed by atoms with Gasteiger partial charge in [0, 0.05) is 24.5 Å². The molecule has 1 N–H and O–H groups in total. The summed E-state index contributed by atoms with van der Waals surface area (Å²) in [5, 5.41) is 2.74. The van der Waals surface area contributed by atoms with E-state index in [4.69, 9.17) is 4.74 Å². The molecule has 6 heteroatoms. The second-order valence-electron chi connectivity index (χ2n) is 7.50. The molecular weight excluding hydrogens is 468 g/mol. The van der Waals surface area contributed by atoms with Crippen molar-refractivity contribution < 1.29 is 14.3 Å². The smallest absolute Gasteiger partial charge is 0.242 e. The van der Waals surface area contributed by atoms with E-state index in [-0.39, 0.29) is 18.2 Å². The molecule has 166 valence electrons. The summed E-state index contributed by atoms with van der Waals surface area (Å²) in [4.78, 5) is 28.1. The first kappa shape index (κ1) is 23.5. The molecule has 2 amide bonds. The topological polar surface area (TPSA) is 58.6 Å². The molecule has 0 aliphatic heterocycles. The Hall–Kier alpha value is -3.12. The molecule has 32 heavy (non-hydrogen) atoms. The van der Waals surface area contributed by atoms with Gasteiger partial charge in [-0.25, -0.2) is 0 Å². The summed E-state index contributed by atoms with van der Waals surface area (Å²) >= 11 is 3.50. The molecule has 1 unspecified atom stereocenters. The van der Waals surface area contributed by atoms with Gasteiger partial charge in [-0.05, 0) is 41.0 Å². The van der Waals surface area contributed by atoms with Crippen molar-refractivity contribution in [3.63, 3.8) is 0 Å². The summed E-state index contributed by atoms with van der Waals surface area (Å²) in [6.45, 7) is 0.333. The number of hydrogen-bond acceptors (Lipinski definition) is 3. The standard InChI is InChI=1S/C26H27BrN2O3/c1-28-26(31)24(16-19-7-4-3-5-8-19)29(18-21-9-6-10-22(27)15-21)25(30)17-20-11-13-23(32-2)14-12-20/h3-15,24H,16-18H2,1-2H3,(H,28,31). The van der Waals surface area contributed by atoms with Crippen molar-refractivity contribution in [3.05, 3.63) is 100 Å². The Kier molecular flexibility index (Phi) is 8.45. The van der Waals surface area contributed by atoms with Crippen LogP contribution in [0.25, 0.3) is 0 Å². The zero-order valence-electron chi connectivity index (χ0n) is 18.3. The van der Waals surface area contributed by atoms with E-state index in [0.29, 0.717) is 13.0 Å². The van der Waals surface area contributed by atoms with Gasteiger partial charge in [0.25, 0.3) is 0 Å². The number of ether oxygens (including phenoxy) is 1. The van der Waals surface area contributed by atoms with Crippen LogP contribution in [-0.2, 0) is 29.0 Å². The van der Waals surface area contributed by atoms with E-state index in [9.17, 15) is 9.59 Å². The zero-order valence-corrected chi connectivity index (χ0v) is 19.8. The Morgan fingerprint density at radius 1 is 0.938 bits per heavy atom. The van der Waals surface area contributed by atoms with E-state index < -0.39 is 6.04 Å². The molecule has 0 bridgehead atoms. The zero-order chi connectivity index (χ0) is 22.9. The predicted molar refractivity (Wildman–Crippen MR) is 129 cm³/mol. The molecule has 0 aromatic heterocycles. The summed E-state index contributed by atoms with van der Waals surface area (Å²) in [5.74, 6) is 0.436. The highest BCUT2D eigenvalue weighted by Crippen LogP contribution is 2.19. The van der Waals surface area contributed by atoms with E-state index in [1.54, 1.807) is 19.1 Å². The van der Waals surface area contributed by atoms with Crippen LogP contribution in [0.2, 0.25) is 0 Å². The minimum Gasteiger partial charge on any atom is -0.497 e. The van der Waals surface area contributed by atoms with E-state index in [0.717, 1.165) is 26.9 Å². The number of carbonyl (C=O) groups excluding carboxylic acids is 2. The molecule has 0 spiro atoms. The second-order valence-corrected chi connectivity index (χ2v) is 8.41. The number of methoxy groups -OCH3 is 1. The molecule has 3 aromatic carbocycles. The van der Waals surface area contributed by atoms with Crippen molar-refractivity contribution in [2.45, 2.75) is 25.4 Å². The Morgan fingerprint density at radius 2 is 1.62 bits per heavy atom. The molecule has 3 aromatic rings. The lowest BCUT2D eigenvalue weighted by Gasteiger charge is -2.31. The average molecular weight is 495 g/mol. The van der Waals surface area contributed by atoms with Crippen LogP contribution in [0, 0.1) is 0 Å². The summed E-state index contributed by atoms with van der Waals surface area (Å²) in [5.41, 5.74) is 2.81. The summed E-state index contributed by atoms with van der Waals surface area (Å²) in [6, 6.07) is 24.3. The maximum atomic E-state index is 13.5. The lowest BCUT2D eigenvalue weighted by molar-refractivity contribution is -0.140. The first-order valence-corrected chi connectivity index (χ1v) is 11.2. The molecule has 0 heterocycles. The highest BCUT2D eigenvalue weighted by atomic mass is 79.9. The molecule has 0 radical (unpaired) electrons. The fraction of sp³-hybridized carbons (Fsp3) is 0.231. The molecular formula is C26H27BrN2O3. The van der Waals surface area contributed by atoms with E-state index in [1.165, 1.54) is 0 Å². The normalized spacial score (nSPS) is 11.5. The number of likely N-dealkylation sites (N-methyl/N-ethyl adjacent to an activating group) is 1. The number of rotatable bonds is 9. The number of halogens is 1. The fourth-order valence-corrected chi connectivity index (χ4v) is 4.02. The van der Waals surface area contributed by atoms with Crippen LogP contribution in [0.1, 0.15) is 16.7 Å². The Morgan fingerprint density at radius 3 is 2.25 bits per heavy atom. The molecule has 0 aliphatic carbocycles. The van der Waals surface area contributed by atoms with Crippen LogP contribution in [0.5, 0.6) is 5.75 Å². The number of hydrogen-bond donors (Lipinski definition) is 1. The highest BCUT2D eigenvalue weighted by molar-refractivity contribution is 9.10. The van der Waals surface area contributed by atoms with Gasteiger partial charge < -0.3 is 15.0 Å². The lowest BCUT2D eigenvalue weighted by Crippen LogP contribution is -2.50. The largest absolute Gasteiger partial charge is 0.497 e. The summed E-state index contributed by atoms with van der Waals surface area (Å²) in [6.07, 6.45) is 0.628. The van der Waals surface area contributed by atoms with Crippen LogP contribution in [0.4, 0.5) is 0 Å². The Bertz CT molecular complexity index is 1040. The van der Waals surface area contributed by atoms with Crippen molar-refractivity contribution in [2.75, 3.05) is 14.2 Å². The van der Waals surface area contributed by atoms with Gasteiger partial charge in [-0.1, -0.05) is 70.5 Å². The van der Waals surface area contributed by atoms with Gasteiger partial charge in [0.05, 0.1) is 13.5 Å². The Labute approximate surface area is 197 Å². The van der Waals surface area contributed by atoms with Crippen LogP contribution >= 0.6 is 15.9 Å². The number of amides is 2. The van der Waals surface area contributed by atoms with E-state index >= 15 is 0 Å². The number of benzene rings is 3. The number of carbonyl (C=O) groups is 2. The van der Waals surface area contributed by atoms with Crippen molar-refractivity contribution >= 4 is 27.7 Å². The molecule has 1 atom stereocenters. The van der Waals surface area contributed by atoms with Crippen LogP contribution in [0.3, 0.4) is 0 Å².